The van der Waals surface area contributed by atoms with Crippen molar-refractivity contribution >= 4 is 0 Å². The molecule has 0 atom stereocenters. The Bertz CT molecular complexity index is 906. The van der Waals surface area contributed by atoms with Crippen molar-refractivity contribution in [3.8, 4) is 16.9 Å². The molecule has 1 aliphatic heterocycles. The van der Waals surface area contributed by atoms with E-state index >= 15 is 0 Å². The molecule has 1 aliphatic rings. The summed E-state index contributed by atoms with van der Waals surface area (Å²) in [6.45, 7) is 1.28. The van der Waals surface area contributed by atoms with Crippen molar-refractivity contribution in [3.63, 3.8) is 0 Å². The normalized spacial score (nSPS) is 13.8. The number of fused-ring (bicyclic) bond motifs is 1. The summed E-state index contributed by atoms with van der Waals surface area (Å²) in [6, 6.07) is 5.76. The number of nitrogens with one attached hydrogen (secondary N) is 1. The number of rotatable bonds is 2. The lowest BCUT2D eigenvalue weighted by Gasteiger charge is -2.16. The van der Waals surface area contributed by atoms with Crippen molar-refractivity contribution in [1.82, 2.24) is 20.1 Å². The molecule has 0 aliphatic carbocycles. The fraction of sp³-hybridized carbons (Fsp3) is 0.176. The Hall–Kier alpha value is -2.67. The highest BCUT2D eigenvalue weighted by Crippen LogP contribution is 2.30. The molecule has 1 N–H and O–H groups in total. The molecular weight excluding hydrogens is 317 g/mol. The van der Waals surface area contributed by atoms with Crippen molar-refractivity contribution in [2.75, 3.05) is 6.54 Å². The van der Waals surface area contributed by atoms with Crippen LogP contribution in [0.5, 0.6) is 0 Å². The molecule has 0 bridgehead atoms. The van der Waals surface area contributed by atoms with Crippen LogP contribution in [-0.2, 0) is 13.0 Å². The summed E-state index contributed by atoms with van der Waals surface area (Å²) in [5, 5.41) is 7.72. The molecular formula is C17H13F3N4. The fourth-order valence-electron chi connectivity index (χ4n) is 2.96. The predicted octanol–water partition coefficient (Wildman–Crippen LogP) is 3.00. The Balaban J connectivity index is 1.94. The van der Waals surface area contributed by atoms with Crippen LogP contribution in [0.2, 0.25) is 0 Å². The fourth-order valence-corrected chi connectivity index (χ4v) is 2.96. The van der Waals surface area contributed by atoms with Crippen LogP contribution in [0.15, 0.2) is 36.7 Å². The number of nitrogens with zero attached hydrogens (tertiary/aromatic N) is 3. The van der Waals surface area contributed by atoms with E-state index in [-0.39, 0.29) is 5.69 Å². The van der Waals surface area contributed by atoms with Gasteiger partial charge in [0.25, 0.3) is 0 Å². The number of hydrogen-bond donors (Lipinski definition) is 1. The van der Waals surface area contributed by atoms with Crippen LogP contribution in [0, 0.1) is 17.5 Å². The second-order valence-corrected chi connectivity index (χ2v) is 5.55. The molecule has 3 heterocycles. The Labute approximate surface area is 136 Å². The summed E-state index contributed by atoms with van der Waals surface area (Å²) < 4.78 is 42.4. The molecule has 1 aromatic carbocycles. The lowest BCUT2D eigenvalue weighted by molar-refractivity contribution is 0.442. The van der Waals surface area contributed by atoms with E-state index in [0.29, 0.717) is 25.2 Å². The zero-order valence-corrected chi connectivity index (χ0v) is 12.6. The Morgan fingerprint density at radius 1 is 1.08 bits per heavy atom. The van der Waals surface area contributed by atoms with Gasteiger partial charge in [0.15, 0.2) is 17.5 Å². The van der Waals surface area contributed by atoms with E-state index in [1.807, 2.05) is 6.07 Å². The molecule has 3 aromatic rings. The highest BCUT2D eigenvalue weighted by molar-refractivity contribution is 5.64. The minimum absolute atomic E-state index is 0.0952. The third kappa shape index (κ3) is 2.28. The third-order valence-corrected chi connectivity index (χ3v) is 4.11. The average molecular weight is 330 g/mol. The maximum Gasteiger partial charge on any atom is 0.196 e. The van der Waals surface area contributed by atoms with Gasteiger partial charge in [0.05, 0.1) is 11.4 Å². The zero-order valence-electron chi connectivity index (χ0n) is 12.6. The summed E-state index contributed by atoms with van der Waals surface area (Å²) in [5.41, 5.74) is 3.06. The summed E-state index contributed by atoms with van der Waals surface area (Å²) >= 11 is 0. The molecule has 0 unspecified atom stereocenters. The van der Waals surface area contributed by atoms with E-state index in [4.69, 9.17) is 0 Å². The van der Waals surface area contributed by atoms with Gasteiger partial charge in [-0.2, -0.15) is 5.10 Å². The van der Waals surface area contributed by atoms with Crippen LogP contribution in [0.1, 0.15) is 11.3 Å². The van der Waals surface area contributed by atoms with Crippen molar-refractivity contribution in [3.05, 3.63) is 65.4 Å². The summed E-state index contributed by atoms with van der Waals surface area (Å²) in [7, 11) is 0. The first-order chi connectivity index (χ1) is 11.7. The SMILES string of the molecule is Fc1ccc(-n2nc(-c3cccnc3)c3c2CCNC3)c(F)c1F. The number of benzene rings is 1. The topological polar surface area (TPSA) is 42.7 Å². The number of pyridine rings is 1. The summed E-state index contributed by atoms with van der Waals surface area (Å²) in [5.74, 6) is -3.95. The van der Waals surface area contributed by atoms with E-state index < -0.39 is 17.5 Å². The highest BCUT2D eigenvalue weighted by Gasteiger charge is 2.25. The maximum atomic E-state index is 14.2. The molecule has 0 radical (unpaired) electrons. The van der Waals surface area contributed by atoms with Gasteiger partial charge in [-0.1, -0.05) is 0 Å². The van der Waals surface area contributed by atoms with Crippen molar-refractivity contribution in [2.24, 2.45) is 0 Å². The van der Waals surface area contributed by atoms with Gasteiger partial charge in [-0.3, -0.25) is 4.98 Å². The Morgan fingerprint density at radius 3 is 2.75 bits per heavy atom. The van der Waals surface area contributed by atoms with Crippen molar-refractivity contribution in [2.45, 2.75) is 13.0 Å². The molecule has 0 fully saturated rings. The van der Waals surface area contributed by atoms with E-state index in [9.17, 15) is 13.2 Å². The number of aromatic nitrogens is 3. The molecule has 4 rings (SSSR count). The van der Waals surface area contributed by atoms with Gasteiger partial charge in [-0.05, 0) is 24.3 Å². The molecule has 122 valence electrons. The minimum Gasteiger partial charge on any atom is -0.312 e. The van der Waals surface area contributed by atoms with E-state index in [1.54, 1.807) is 18.5 Å². The summed E-state index contributed by atoms with van der Waals surface area (Å²) in [4.78, 5) is 4.08. The second kappa shape index (κ2) is 5.76. The molecule has 0 saturated carbocycles. The van der Waals surface area contributed by atoms with Crippen LogP contribution in [0.25, 0.3) is 16.9 Å². The maximum absolute atomic E-state index is 14.2. The number of hydrogen-bond acceptors (Lipinski definition) is 3. The van der Waals surface area contributed by atoms with Crippen LogP contribution in [0.4, 0.5) is 13.2 Å². The van der Waals surface area contributed by atoms with Crippen LogP contribution in [0.3, 0.4) is 0 Å². The Morgan fingerprint density at radius 2 is 1.96 bits per heavy atom. The molecule has 0 spiro atoms. The van der Waals surface area contributed by atoms with Gasteiger partial charge in [0.1, 0.15) is 5.69 Å². The monoisotopic (exact) mass is 330 g/mol. The van der Waals surface area contributed by atoms with Gasteiger partial charge < -0.3 is 5.32 Å². The first kappa shape index (κ1) is 14.9. The molecule has 2 aromatic heterocycles. The minimum atomic E-state index is -1.49. The average Bonchev–Trinajstić information content (AvgIpc) is 3.00. The first-order valence-electron chi connectivity index (χ1n) is 7.52. The smallest absolute Gasteiger partial charge is 0.196 e. The third-order valence-electron chi connectivity index (χ3n) is 4.11. The van der Waals surface area contributed by atoms with Gasteiger partial charge in [0.2, 0.25) is 0 Å². The van der Waals surface area contributed by atoms with E-state index in [0.717, 1.165) is 22.9 Å². The second-order valence-electron chi connectivity index (χ2n) is 5.55. The van der Waals surface area contributed by atoms with E-state index in [1.165, 1.54) is 10.7 Å². The number of halogens is 3. The van der Waals surface area contributed by atoms with Gasteiger partial charge in [-0.15, -0.1) is 0 Å². The van der Waals surface area contributed by atoms with Gasteiger partial charge in [-0.25, -0.2) is 17.9 Å². The molecule has 7 heteroatoms. The molecule has 0 amide bonds. The van der Waals surface area contributed by atoms with Gasteiger partial charge in [0, 0.05) is 43.0 Å². The highest BCUT2D eigenvalue weighted by atomic mass is 19.2. The van der Waals surface area contributed by atoms with Crippen molar-refractivity contribution in [1.29, 1.82) is 0 Å². The van der Waals surface area contributed by atoms with Gasteiger partial charge >= 0.3 is 0 Å². The standard InChI is InChI=1S/C17H13F3N4/c18-12-3-4-14(16(20)15(12)19)24-13-5-7-22-9-11(13)17(23-24)10-2-1-6-21-8-10/h1-4,6,8,22H,5,7,9H2. The first-order valence-corrected chi connectivity index (χ1v) is 7.52. The molecule has 0 saturated heterocycles. The van der Waals surface area contributed by atoms with Crippen molar-refractivity contribution < 1.29 is 13.2 Å². The summed E-state index contributed by atoms with van der Waals surface area (Å²) in [6.07, 6.45) is 3.93. The Kier molecular flexibility index (Phi) is 3.57. The quantitative estimate of drug-likeness (QED) is 0.735. The van der Waals surface area contributed by atoms with E-state index in [2.05, 4.69) is 15.4 Å². The molecule has 4 nitrogen and oxygen atoms in total. The van der Waals surface area contributed by atoms with Crippen LogP contribution >= 0.6 is 0 Å². The van der Waals surface area contributed by atoms with Crippen LogP contribution in [-0.4, -0.2) is 21.3 Å². The predicted molar refractivity (Wildman–Crippen MR) is 82.1 cm³/mol. The largest absolute Gasteiger partial charge is 0.312 e. The molecule has 24 heavy (non-hydrogen) atoms. The lowest BCUT2D eigenvalue weighted by atomic mass is 10.0. The van der Waals surface area contributed by atoms with Crippen LogP contribution < -0.4 is 5.32 Å². The lowest BCUT2D eigenvalue weighted by Crippen LogP contribution is -2.25. The zero-order chi connectivity index (χ0) is 16.7.